The van der Waals surface area contributed by atoms with E-state index < -0.39 is 11.7 Å². The van der Waals surface area contributed by atoms with Gasteiger partial charge in [-0.15, -0.1) is 0 Å². The van der Waals surface area contributed by atoms with E-state index in [9.17, 15) is 14.7 Å². The van der Waals surface area contributed by atoms with Crippen molar-refractivity contribution >= 4 is 5.91 Å². The minimum absolute atomic E-state index is 0.0562. The molecule has 6 nitrogen and oxygen atoms in total. The number of aryl methyl sites for hydroxylation is 2. The predicted molar refractivity (Wildman–Crippen MR) is 74.6 cm³/mol. The van der Waals surface area contributed by atoms with Crippen molar-refractivity contribution in [2.75, 3.05) is 13.1 Å². The van der Waals surface area contributed by atoms with Gasteiger partial charge >= 0.3 is 0 Å². The first-order chi connectivity index (χ1) is 9.40. The van der Waals surface area contributed by atoms with Crippen molar-refractivity contribution in [2.24, 2.45) is 5.92 Å². The lowest BCUT2D eigenvalue weighted by Gasteiger charge is -2.33. The van der Waals surface area contributed by atoms with E-state index in [2.05, 4.69) is 9.97 Å². The van der Waals surface area contributed by atoms with Gasteiger partial charge in [0.25, 0.3) is 11.5 Å². The maximum absolute atomic E-state index is 12.4. The van der Waals surface area contributed by atoms with E-state index in [0.717, 1.165) is 12.8 Å². The van der Waals surface area contributed by atoms with Crippen LogP contribution in [0.2, 0.25) is 0 Å². The molecule has 1 saturated heterocycles. The Balaban J connectivity index is 2.23. The van der Waals surface area contributed by atoms with Crippen LogP contribution in [0, 0.1) is 19.8 Å². The molecule has 1 aliphatic rings. The molecule has 2 unspecified atom stereocenters. The van der Waals surface area contributed by atoms with Gasteiger partial charge in [0.05, 0.1) is 11.8 Å². The minimum Gasteiger partial charge on any atom is -0.393 e. The Morgan fingerprint density at radius 1 is 1.50 bits per heavy atom. The lowest BCUT2D eigenvalue weighted by molar-refractivity contribution is 0.0460. The van der Waals surface area contributed by atoms with Gasteiger partial charge in [-0.25, -0.2) is 4.98 Å². The first-order valence-corrected chi connectivity index (χ1v) is 6.95. The fourth-order valence-electron chi connectivity index (χ4n) is 2.51. The van der Waals surface area contributed by atoms with Gasteiger partial charge in [-0.2, -0.15) is 0 Å². The van der Waals surface area contributed by atoms with Crippen LogP contribution in [-0.4, -0.2) is 45.1 Å². The van der Waals surface area contributed by atoms with Gasteiger partial charge in [0, 0.05) is 24.7 Å². The van der Waals surface area contributed by atoms with Crippen molar-refractivity contribution in [3.05, 3.63) is 27.4 Å². The van der Waals surface area contributed by atoms with Crippen molar-refractivity contribution in [3.8, 4) is 0 Å². The third-order valence-electron chi connectivity index (χ3n) is 3.97. The molecule has 6 heteroatoms. The van der Waals surface area contributed by atoms with Crippen molar-refractivity contribution < 1.29 is 9.90 Å². The number of aromatic amines is 1. The highest BCUT2D eigenvalue weighted by molar-refractivity contribution is 5.92. The monoisotopic (exact) mass is 279 g/mol. The van der Waals surface area contributed by atoms with Crippen molar-refractivity contribution in [3.63, 3.8) is 0 Å². The summed E-state index contributed by atoms with van der Waals surface area (Å²) in [7, 11) is 0. The second-order valence-corrected chi connectivity index (χ2v) is 5.52. The first kappa shape index (κ1) is 14.7. The Bertz CT molecular complexity index is 565. The molecule has 110 valence electrons. The summed E-state index contributed by atoms with van der Waals surface area (Å²) in [6.07, 6.45) is 1.29. The van der Waals surface area contributed by atoms with Crippen LogP contribution in [-0.2, 0) is 0 Å². The van der Waals surface area contributed by atoms with Crippen molar-refractivity contribution in [1.82, 2.24) is 14.9 Å². The summed E-state index contributed by atoms with van der Waals surface area (Å²) in [6, 6.07) is 0. The first-order valence-electron chi connectivity index (χ1n) is 6.95. The summed E-state index contributed by atoms with van der Waals surface area (Å²) in [4.78, 5) is 32.7. The number of nitrogens with one attached hydrogen (secondary N) is 1. The van der Waals surface area contributed by atoms with Gasteiger partial charge in [-0.1, -0.05) is 0 Å². The van der Waals surface area contributed by atoms with E-state index in [0.29, 0.717) is 24.5 Å². The van der Waals surface area contributed by atoms with E-state index in [1.165, 1.54) is 0 Å². The van der Waals surface area contributed by atoms with Gasteiger partial charge < -0.3 is 15.0 Å². The molecule has 0 saturated carbocycles. The molecule has 1 aromatic rings. The molecule has 0 aliphatic carbocycles. The predicted octanol–water partition coefficient (Wildman–Crippen LogP) is 0.620. The molecule has 0 bridgehead atoms. The third kappa shape index (κ3) is 2.90. The topological polar surface area (TPSA) is 86.3 Å². The summed E-state index contributed by atoms with van der Waals surface area (Å²) in [6.45, 7) is 6.33. The standard InChI is InChI=1S/C14H21N3O3/c1-8-9(2)16-13(19)12(15-8)14(20)17-6-4-5-11(7-17)10(3)18/h10-11,18H,4-7H2,1-3H3,(H,16,19). The molecule has 0 aromatic carbocycles. The number of likely N-dealkylation sites (tertiary alicyclic amines) is 1. The number of hydrogen-bond donors (Lipinski definition) is 2. The second-order valence-electron chi connectivity index (χ2n) is 5.52. The van der Waals surface area contributed by atoms with Gasteiger partial charge in [0.15, 0.2) is 5.69 Å². The lowest BCUT2D eigenvalue weighted by Crippen LogP contribution is -2.45. The average molecular weight is 279 g/mol. The normalized spacial score (nSPS) is 20.8. The van der Waals surface area contributed by atoms with E-state index in [1.54, 1.807) is 25.7 Å². The van der Waals surface area contributed by atoms with Crippen LogP contribution in [0.5, 0.6) is 0 Å². The molecular weight excluding hydrogens is 258 g/mol. The molecule has 2 atom stereocenters. The zero-order valence-electron chi connectivity index (χ0n) is 12.1. The van der Waals surface area contributed by atoms with Crippen LogP contribution in [0.3, 0.4) is 0 Å². The maximum atomic E-state index is 12.4. The van der Waals surface area contributed by atoms with Crippen LogP contribution in [0.4, 0.5) is 0 Å². The van der Waals surface area contributed by atoms with Crippen molar-refractivity contribution in [2.45, 2.75) is 39.7 Å². The smallest absolute Gasteiger partial charge is 0.279 e. The minimum atomic E-state index is -0.448. The SMILES string of the molecule is Cc1nc(C(=O)N2CCCC(C(C)O)C2)c(=O)[nH]c1C. The number of hydrogen-bond acceptors (Lipinski definition) is 4. The van der Waals surface area contributed by atoms with E-state index in [1.807, 2.05) is 0 Å². The van der Waals surface area contributed by atoms with E-state index in [-0.39, 0.29) is 17.5 Å². The van der Waals surface area contributed by atoms with Gasteiger partial charge in [-0.3, -0.25) is 9.59 Å². The van der Waals surface area contributed by atoms with Crippen LogP contribution in [0.15, 0.2) is 4.79 Å². The summed E-state index contributed by atoms with van der Waals surface area (Å²) in [5.74, 6) is -0.280. The number of aliphatic hydroxyl groups excluding tert-OH is 1. The number of rotatable bonds is 2. The summed E-state index contributed by atoms with van der Waals surface area (Å²) in [5.41, 5.74) is 0.820. The Kier molecular flexibility index (Phi) is 4.23. The molecule has 1 aromatic heterocycles. The van der Waals surface area contributed by atoms with Gasteiger partial charge in [0.1, 0.15) is 0 Å². The number of carbonyl (C=O) groups excluding carboxylic acids is 1. The number of aliphatic hydroxyl groups is 1. The molecule has 1 amide bonds. The van der Waals surface area contributed by atoms with E-state index in [4.69, 9.17) is 0 Å². The maximum Gasteiger partial charge on any atom is 0.279 e. The number of aromatic nitrogens is 2. The quantitative estimate of drug-likeness (QED) is 0.831. The average Bonchev–Trinajstić information content (AvgIpc) is 2.42. The largest absolute Gasteiger partial charge is 0.393 e. The fourth-order valence-corrected chi connectivity index (χ4v) is 2.51. The molecule has 2 heterocycles. The zero-order valence-corrected chi connectivity index (χ0v) is 12.1. The molecule has 0 radical (unpaired) electrons. The van der Waals surface area contributed by atoms with Crippen LogP contribution < -0.4 is 5.56 Å². The Morgan fingerprint density at radius 2 is 2.20 bits per heavy atom. The number of amides is 1. The van der Waals surface area contributed by atoms with E-state index >= 15 is 0 Å². The van der Waals surface area contributed by atoms with Crippen LogP contribution >= 0.6 is 0 Å². The van der Waals surface area contributed by atoms with Gasteiger partial charge in [-0.05, 0) is 33.6 Å². The molecule has 2 N–H and O–H groups in total. The second kappa shape index (κ2) is 5.75. The lowest BCUT2D eigenvalue weighted by atomic mass is 9.93. The molecule has 2 rings (SSSR count). The number of piperidine rings is 1. The third-order valence-corrected chi connectivity index (χ3v) is 3.97. The number of nitrogens with zero attached hydrogens (tertiary/aromatic N) is 2. The summed E-state index contributed by atoms with van der Waals surface area (Å²) in [5, 5.41) is 9.66. The molecule has 20 heavy (non-hydrogen) atoms. The van der Waals surface area contributed by atoms with Gasteiger partial charge in [0.2, 0.25) is 0 Å². The Labute approximate surface area is 117 Å². The number of carbonyl (C=O) groups is 1. The highest BCUT2D eigenvalue weighted by Crippen LogP contribution is 2.20. The fraction of sp³-hybridized carbons (Fsp3) is 0.643. The highest BCUT2D eigenvalue weighted by atomic mass is 16.3. The van der Waals surface area contributed by atoms with Crippen LogP contribution in [0.25, 0.3) is 0 Å². The molecule has 1 aliphatic heterocycles. The Morgan fingerprint density at radius 3 is 2.85 bits per heavy atom. The zero-order chi connectivity index (χ0) is 14.9. The highest BCUT2D eigenvalue weighted by Gasteiger charge is 2.29. The molecular formula is C14H21N3O3. The number of H-pyrrole nitrogens is 1. The summed E-state index contributed by atoms with van der Waals surface area (Å²) >= 11 is 0. The molecule has 0 spiro atoms. The molecule has 1 fully saturated rings. The van der Waals surface area contributed by atoms with Crippen molar-refractivity contribution in [1.29, 1.82) is 0 Å². The summed E-state index contributed by atoms with van der Waals surface area (Å²) < 4.78 is 0. The van der Waals surface area contributed by atoms with Crippen LogP contribution in [0.1, 0.15) is 41.6 Å². The Hall–Kier alpha value is -1.69.